The maximum absolute atomic E-state index is 12.0. The van der Waals surface area contributed by atoms with Crippen LogP contribution in [0.1, 0.15) is 0 Å². The quantitative estimate of drug-likeness (QED) is 0.389. The first-order chi connectivity index (χ1) is 14.4. The highest BCUT2D eigenvalue weighted by atomic mass is 35.5. The summed E-state index contributed by atoms with van der Waals surface area (Å²) in [7, 11) is 0. The molecule has 13 heteroatoms. The number of nitrogens with one attached hydrogen (secondary N) is 2. The summed E-state index contributed by atoms with van der Waals surface area (Å²) in [4.78, 5) is 34.1. The van der Waals surface area contributed by atoms with Crippen LogP contribution in [0.15, 0.2) is 49.1 Å². The average molecular weight is 451 g/mol. The molecule has 0 aliphatic heterocycles. The second-order valence-electron chi connectivity index (χ2n) is 5.46. The van der Waals surface area contributed by atoms with Gasteiger partial charge in [0, 0.05) is 11.2 Å². The van der Waals surface area contributed by atoms with E-state index < -0.39 is 23.1 Å². The smallest absolute Gasteiger partial charge is 0.374 e. The monoisotopic (exact) mass is 450 g/mol. The molecule has 2 N–H and O–H groups in total. The van der Waals surface area contributed by atoms with Crippen LogP contribution in [0.4, 0.5) is 11.5 Å². The summed E-state index contributed by atoms with van der Waals surface area (Å²) in [5.74, 6) is -0.779. The van der Waals surface area contributed by atoms with Crippen LogP contribution in [0.25, 0.3) is 0 Å². The van der Waals surface area contributed by atoms with Crippen molar-refractivity contribution in [2.45, 2.75) is 0 Å². The molecular formula is C17H12Cl2N6O5. The Kier molecular flexibility index (Phi) is 6.78. The molecule has 0 aliphatic rings. The Morgan fingerprint density at radius 1 is 1.23 bits per heavy atom. The SMILES string of the molecule is O=C(COc1ccc(Cl)cc1Cl)NNc1ncnc(Oc2cccnc2)c1[N+](=O)[O-]. The van der Waals surface area contributed by atoms with Crippen molar-refractivity contribution < 1.29 is 19.2 Å². The molecule has 0 unspecified atom stereocenters. The molecule has 11 nitrogen and oxygen atoms in total. The first-order valence-corrected chi connectivity index (χ1v) is 8.89. The van der Waals surface area contributed by atoms with E-state index >= 15 is 0 Å². The molecule has 2 heterocycles. The summed E-state index contributed by atoms with van der Waals surface area (Å²) in [5.41, 5.74) is 4.02. The number of carbonyl (C=O) groups is 1. The number of benzene rings is 1. The molecule has 0 bridgehead atoms. The topological polar surface area (TPSA) is 141 Å². The predicted octanol–water partition coefficient (Wildman–Crippen LogP) is 3.40. The van der Waals surface area contributed by atoms with Crippen LogP contribution in [0.3, 0.4) is 0 Å². The minimum atomic E-state index is -0.746. The highest BCUT2D eigenvalue weighted by molar-refractivity contribution is 6.35. The van der Waals surface area contributed by atoms with E-state index in [1.165, 1.54) is 24.5 Å². The van der Waals surface area contributed by atoms with Crippen molar-refractivity contribution in [1.29, 1.82) is 0 Å². The molecule has 0 fully saturated rings. The molecule has 1 amide bonds. The van der Waals surface area contributed by atoms with Gasteiger partial charge in [-0.15, -0.1) is 0 Å². The van der Waals surface area contributed by atoms with Crippen LogP contribution in [-0.2, 0) is 4.79 Å². The Labute approximate surface area is 179 Å². The molecule has 30 heavy (non-hydrogen) atoms. The molecule has 3 aromatic rings. The normalized spacial score (nSPS) is 10.2. The van der Waals surface area contributed by atoms with Crippen molar-refractivity contribution in [1.82, 2.24) is 20.4 Å². The van der Waals surface area contributed by atoms with Gasteiger partial charge in [-0.3, -0.25) is 30.7 Å². The average Bonchev–Trinajstić information content (AvgIpc) is 2.72. The minimum absolute atomic E-state index is 0.229. The second kappa shape index (κ2) is 9.67. The van der Waals surface area contributed by atoms with Gasteiger partial charge in [-0.2, -0.15) is 4.98 Å². The van der Waals surface area contributed by atoms with Crippen molar-refractivity contribution in [3.63, 3.8) is 0 Å². The van der Waals surface area contributed by atoms with Crippen LogP contribution >= 0.6 is 23.2 Å². The molecule has 154 valence electrons. The van der Waals surface area contributed by atoms with Crippen LogP contribution in [-0.4, -0.2) is 32.4 Å². The summed E-state index contributed by atoms with van der Waals surface area (Å²) in [6.07, 6.45) is 3.92. The van der Waals surface area contributed by atoms with Gasteiger partial charge in [0.1, 0.15) is 17.8 Å². The van der Waals surface area contributed by atoms with Crippen molar-refractivity contribution in [2.75, 3.05) is 12.0 Å². The summed E-state index contributed by atoms with van der Waals surface area (Å²) in [5, 5.41) is 12.1. The largest absolute Gasteiger partial charge is 0.482 e. The van der Waals surface area contributed by atoms with Gasteiger partial charge in [-0.1, -0.05) is 23.2 Å². The number of nitro groups is 1. The predicted molar refractivity (Wildman–Crippen MR) is 107 cm³/mol. The number of anilines is 1. The van der Waals surface area contributed by atoms with Crippen molar-refractivity contribution >= 4 is 40.6 Å². The van der Waals surface area contributed by atoms with Gasteiger partial charge in [0.15, 0.2) is 6.61 Å². The van der Waals surface area contributed by atoms with E-state index in [1.54, 1.807) is 18.2 Å². The number of hydrogen-bond acceptors (Lipinski definition) is 9. The Balaban J connectivity index is 1.66. The van der Waals surface area contributed by atoms with Crippen molar-refractivity contribution in [3.05, 3.63) is 69.2 Å². The van der Waals surface area contributed by atoms with Crippen LogP contribution in [0, 0.1) is 10.1 Å². The first kappa shape index (κ1) is 21.0. The van der Waals surface area contributed by atoms with Gasteiger partial charge in [-0.25, -0.2) is 4.98 Å². The fourth-order valence-electron chi connectivity index (χ4n) is 2.11. The van der Waals surface area contributed by atoms with E-state index in [-0.39, 0.29) is 28.2 Å². The highest BCUT2D eigenvalue weighted by Gasteiger charge is 2.25. The number of hydrogen-bond donors (Lipinski definition) is 2. The van der Waals surface area contributed by atoms with Crippen molar-refractivity contribution in [3.8, 4) is 17.4 Å². The van der Waals surface area contributed by atoms with E-state index in [9.17, 15) is 14.9 Å². The zero-order valence-corrected chi connectivity index (χ0v) is 16.4. The van der Waals surface area contributed by atoms with E-state index in [1.807, 2.05) is 0 Å². The fraction of sp³-hybridized carbons (Fsp3) is 0.0588. The molecule has 0 aliphatic carbocycles. The lowest BCUT2D eigenvalue weighted by atomic mass is 10.3. The first-order valence-electron chi connectivity index (χ1n) is 8.14. The lowest BCUT2D eigenvalue weighted by Gasteiger charge is -2.11. The number of halogens is 2. The maximum Gasteiger partial charge on any atom is 0.374 e. The third-order valence-corrected chi connectivity index (χ3v) is 3.92. The second-order valence-corrected chi connectivity index (χ2v) is 6.30. The van der Waals surface area contributed by atoms with E-state index in [4.69, 9.17) is 32.7 Å². The molecule has 0 radical (unpaired) electrons. The molecule has 0 spiro atoms. The van der Waals surface area contributed by atoms with Gasteiger partial charge in [-0.05, 0) is 30.3 Å². The Morgan fingerprint density at radius 3 is 2.77 bits per heavy atom. The Bertz CT molecular complexity index is 1070. The lowest BCUT2D eigenvalue weighted by molar-refractivity contribution is -0.385. The minimum Gasteiger partial charge on any atom is -0.482 e. The molecule has 0 saturated carbocycles. The number of amides is 1. The molecule has 0 saturated heterocycles. The van der Waals surface area contributed by atoms with Gasteiger partial charge in [0.05, 0.1) is 16.1 Å². The van der Waals surface area contributed by atoms with E-state index in [0.29, 0.717) is 5.02 Å². The third-order valence-electron chi connectivity index (χ3n) is 3.39. The third kappa shape index (κ3) is 5.43. The molecule has 0 atom stereocenters. The Morgan fingerprint density at radius 2 is 2.07 bits per heavy atom. The molecule has 2 aromatic heterocycles. The fourth-order valence-corrected chi connectivity index (χ4v) is 2.58. The standard InChI is InChI=1S/C17H12Cl2N6O5/c18-10-3-4-13(12(19)6-10)29-8-14(26)23-24-16-15(25(27)28)17(22-9-21-16)30-11-2-1-5-20-7-11/h1-7,9H,8H2,(H,23,26)(H,21,22,24). The zero-order chi connectivity index (χ0) is 21.5. The number of rotatable bonds is 8. The summed E-state index contributed by atoms with van der Waals surface area (Å²) in [6, 6.07) is 7.65. The van der Waals surface area contributed by atoms with Crippen LogP contribution < -0.4 is 20.3 Å². The highest BCUT2D eigenvalue weighted by Crippen LogP contribution is 2.33. The number of nitrogens with zero attached hydrogens (tertiary/aromatic N) is 4. The number of ether oxygens (including phenoxy) is 2. The number of carbonyl (C=O) groups excluding carboxylic acids is 1. The molecule has 1 aromatic carbocycles. The summed E-state index contributed by atoms with van der Waals surface area (Å²) >= 11 is 11.7. The lowest BCUT2D eigenvalue weighted by Crippen LogP contribution is -2.34. The molecular weight excluding hydrogens is 439 g/mol. The van der Waals surface area contributed by atoms with Crippen LogP contribution in [0.5, 0.6) is 17.4 Å². The number of pyridine rings is 1. The summed E-state index contributed by atoms with van der Waals surface area (Å²) in [6.45, 7) is -0.424. The summed E-state index contributed by atoms with van der Waals surface area (Å²) < 4.78 is 10.7. The van der Waals surface area contributed by atoms with Gasteiger partial charge >= 0.3 is 11.6 Å². The van der Waals surface area contributed by atoms with Gasteiger partial charge in [0.25, 0.3) is 5.91 Å². The van der Waals surface area contributed by atoms with E-state index in [0.717, 1.165) is 6.33 Å². The number of aromatic nitrogens is 3. The Hall–Kier alpha value is -3.70. The van der Waals surface area contributed by atoms with Crippen molar-refractivity contribution in [2.24, 2.45) is 0 Å². The zero-order valence-electron chi connectivity index (χ0n) is 14.9. The van der Waals surface area contributed by atoms with Gasteiger partial charge in [0.2, 0.25) is 5.82 Å². The number of hydrazine groups is 1. The maximum atomic E-state index is 12.0. The molecule has 3 rings (SSSR count). The van der Waals surface area contributed by atoms with Crippen LogP contribution in [0.2, 0.25) is 10.0 Å². The van der Waals surface area contributed by atoms with E-state index in [2.05, 4.69) is 25.8 Å². The van der Waals surface area contributed by atoms with Gasteiger partial charge < -0.3 is 9.47 Å².